The molecular formula is C35H49NO5. The minimum Gasteiger partial charge on any atom is -0.456 e. The molecule has 6 heteroatoms. The van der Waals surface area contributed by atoms with E-state index in [1.807, 2.05) is 65.6 Å². The van der Waals surface area contributed by atoms with E-state index in [2.05, 4.69) is 34.6 Å². The number of carbonyl (C=O) groups is 2. The average molecular weight is 564 g/mol. The van der Waals surface area contributed by atoms with Crippen molar-refractivity contribution in [3.05, 3.63) is 71.8 Å². The van der Waals surface area contributed by atoms with Gasteiger partial charge in [-0.3, -0.25) is 4.79 Å². The van der Waals surface area contributed by atoms with E-state index in [4.69, 9.17) is 9.47 Å². The largest absolute Gasteiger partial charge is 0.456 e. The molecule has 2 fully saturated rings. The normalized spacial score (nSPS) is 27.1. The van der Waals surface area contributed by atoms with Crippen molar-refractivity contribution in [2.24, 2.45) is 16.7 Å². The van der Waals surface area contributed by atoms with Gasteiger partial charge in [-0.2, -0.15) is 0 Å². The molecule has 41 heavy (non-hydrogen) atoms. The first kappa shape index (κ1) is 31.1. The highest BCUT2D eigenvalue weighted by Gasteiger charge is 2.80. The summed E-state index contributed by atoms with van der Waals surface area (Å²) in [7, 11) is 0. The Balaban J connectivity index is 1.84. The second-order valence-corrected chi connectivity index (χ2v) is 14.4. The van der Waals surface area contributed by atoms with Crippen LogP contribution in [0.3, 0.4) is 0 Å². The van der Waals surface area contributed by atoms with Crippen LogP contribution in [0.15, 0.2) is 60.7 Å². The van der Waals surface area contributed by atoms with Crippen LogP contribution in [0.1, 0.15) is 92.7 Å². The smallest absolute Gasteiger partial charge is 0.410 e. The van der Waals surface area contributed by atoms with Gasteiger partial charge in [-0.15, -0.1) is 0 Å². The van der Waals surface area contributed by atoms with Crippen LogP contribution in [0, 0.1) is 16.7 Å². The summed E-state index contributed by atoms with van der Waals surface area (Å²) in [6, 6.07) is 19.6. The van der Waals surface area contributed by atoms with Crippen molar-refractivity contribution in [3.8, 4) is 0 Å². The summed E-state index contributed by atoms with van der Waals surface area (Å²) in [5.41, 5.74) is -3.25. The van der Waals surface area contributed by atoms with E-state index >= 15 is 0 Å². The maximum atomic E-state index is 14.7. The number of benzene rings is 2. The van der Waals surface area contributed by atoms with Crippen LogP contribution in [0.4, 0.5) is 4.79 Å². The number of aliphatic hydroxyl groups is 1. The molecule has 6 nitrogen and oxygen atoms in total. The molecule has 2 aromatic rings. The highest BCUT2D eigenvalue weighted by atomic mass is 16.6. The van der Waals surface area contributed by atoms with Crippen molar-refractivity contribution < 1.29 is 24.2 Å². The molecule has 2 bridgehead atoms. The van der Waals surface area contributed by atoms with Gasteiger partial charge in [-0.1, -0.05) is 95.3 Å². The summed E-state index contributed by atoms with van der Waals surface area (Å²) in [4.78, 5) is 30.7. The lowest BCUT2D eigenvalue weighted by Gasteiger charge is -2.49. The lowest BCUT2D eigenvalue weighted by molar-refractivity contribution is -0.193. The van der Waals surface area contributed by atoms with E-state index in [1.54, 1.807) is 27.7 Å². The summed E-state index contributed by atoms with van der Waals surface area (Å²) >= 11 is 0. The molecule has 0 aromatic heterocycles. The van der Waals surface area contributed by atoms with Gasteiger partial charge in [0.1, 0.15) is 17.6 Å². The van der Waals surface area contributed by atoms with Crippen molar-refractivity contribution in [2.75, 3.05) is 6.54 Å². The number of amides is 1. The van der Waals surface area contributed by atoms with Gasteiger partial charge in [0.2, 0.25) is 0 Å². The number of fused-ring (bicyclic) bond motifs is 2. The number of ether oxygens (including phenoxy) is 2. The number of hydrogen-bond donors (Lipinski definition) is 1. The Hall–Kier alpha value is -2.86. The number of carbonyl (C=O) groups excluding carboxylic acids is 2. The fourth-order valence-corrected chi connectivity index (χ4v) is 7.44. The minimum absolute atomic E-state index is 0.188. The zero-order chi connectivity index (χ0) is 30.5. The number of rotatable bonds is 9. The number of hydrogen-bond acceptors (Lipinski definition) is 5. The van der Waals surface area contributed by atoms with Crippen molar-refractivity contribution in [2.45, 2.75) is 110 Å². The zero-order valence-electron chi connectivity index (χ0n) is 26.4. The average Bonchev–Trinajstić information content (AvgIpc) is 3.20. The standard InChI is InChI=1S/C35H49NO5/c1-25(2)22-36(29(38)40-23-26-16-12-10-13-17-26)34-21-20-33(9,30(34,3)4)35(24-34,27-18-14-11-15-19-27)28(37)41-32(7,8)31(5,6)39/h10-19,25,39H,20-24H2,1-9H3/t33-,34-,35+/m0/s1. The SMILES string of the molecule is CC(C)CN(C(=O)OCc1ccccc1)[C@]12CC[C@@](C)(C1(C)C)[C@@](C(=O)OC(C)(C)C(C)(C)O)(c1ccccc1)C2. The summed E-state index contributed by atoms with van der Waals surface area (Å²) < 4.78 is 12.3. The van der Waals surface area contributed by atoms with E-state index < -0.39 is 33.0 Å². The van der Waals surface area contributed by atoms with E-state index in [0.717, 1.165) is 24.0 Å². The van der Waals surface area contributed by atoms with Gasteiger partial charge in [0.15, 0.2) is 0 Å². The van der Waals surface area contributed by atoms with E-state index in [0.29, 0.717) is 13.0 Å². The van der Waals surface area contributed by atoms with Crippen molar-refractivity contribution in [3.63, 3.8) is 0 Å². The molecule has 0 aliphatic heterocycles. The molecule has 2 aliphatic rings. The van der Waals surface area contributed by atoms with Gasteiger partial charge < -0.3 is 19.5 Å². The maximum Gasteiger partial charge on any atom is 0.410 e. The van der Waals surface area contributed by atoms with Crippen LogP contribution in [0.2, 0.25) is 0 Å². The fourth-order valence-electron chi connectivity index (χ4n) is 7.44. The predicted octanol–water partition coefficient (Wildman–Crippen LogP) is 7.28. The number of esters is 1. The molecule has 0 unspecified atom stereocenters. The molecule has 0 saturated heterocycles. The third kappa shape index (κ3) is 4.76. The third-order valence-electron chi connectivity index (χ3n) is 11.0. The molecule has 0 heterocycles. The fraction of sp³-hybridized carbons (Fsp3) is 0.600. The monoisotopic (exact) mass is 563 g/mol. The second-order valence-electron chi connectivity index (χ2n) is 14.4. The van der Waals surface area contributed by atoms with Crippen molar-refractivity contribution in [1.82, 2.24) is 4.90 Å². The highest BCUT2D eigenvalue weighted by Crippen LogP contribution is 2.77. The van der Waals surface area contributed by atoms with E-state index in [-0.39, 0.29) is 24.6 Å². The first-order valence-electron chi connectivity index (χ1n) is 14.9. The van der Waals surface area contributed by atoms with Gasteiger partial charge in [-0.25, -0.2) is 4.79 Å². The van der Waals surface area contributed by atoms with E-state index in [1.165, 1.54) is 0 Å². The maximum absolute atomic E-state index is 14.7. The van der Waals surface area contributed by atoms with Crippen LogP contribution in [0.5, 0.6) is 0 Å². The van der Waals surface area contributed by atoms with Gasteiger partial charge in [0.25, 0.3) is 0 Å². The lowest BCUT2D eigenvalue weighted by atomic mass is 9.55. The van der Waals surface area contributed by atoms with E-state index in [9.17, 15) is 14.7 Å². The Kier molecular flexibility index (Phi) is 7.92. The lowest BCUT2D eigenvalue weighted by Crippen LogP contribution is -2.58. The molecule has 2 aliphatic carbocycles. The molecule has 0 spiro atoms. The first-order chi connectivity index (χ1) is 19.0. The van der Waals surface area contributed by atoms with Crippen LogP contribution >= 0.6 is 0 Å². The molecule has 224 valence electrons. The quantitative estimate of drug-likeness (QED) is 0.325. The molecule has 1 amide bonds. The molecule has 2 aromatic carbocycles. The predicted molar refractivity (Wildman–Crippen MR) is 161 cm³/mol. The van der Waals surface area contributed by atoms with Crippen LogP contribution in [0.25, 0.3) is 0 Å². The van der Waals surface area contributed by atoms with Gasteiger partial charge in [0, 0.05) is 6.54 Å². The Morgan fingerprint density at radius 2 is 1.49 bits per heavy atom. The Bertz CT molecular complexity index is 1250. The highest BCUT2D eigenvalue weighted by molar-refractivity contribution is 5.87. The van der Waals surface area contributed by atoms with Gasteiger partial charge in [0.05, 0.1) is 11.1 Å². The summed E-state index contributed by atoms with van der Waals surface area (Å²) in [5, 5.41) is 10.9. The Morgan fingerprint density at radius 3 is 2.02 bits per heavy atom. The summed E-state index contributed by atoms with van der Waals surface area (Å²) in [6.07, 6.45) is 1.57. The molecule has 0 radical (unpaired) electrons. The van der Waals surface area contributed by atoms with Crippen molar-refractivity contribution >= 4 is 12.1 Å². The third-order valence-corrected chi connectivity index (χ3v) is 11.0. The molecule has 1 N–H and O–H groups in total. The topological polar surface area (TPSA) is 76.1 Å². The van der Waals surface area contributed by atoms with Gasteiger partial charge >= 0.3 is 12.1 Å². The second kappa shape index (κ2) is 10.4. The first-order valence-corrected chi connectivity index (χ1v) is 14.9. The molecule has 3 atom stereocenters. The van der Waals surface area contributed by atoms with Crippen LogP contribution in [-0.2, 0) is 26.3 Å². The summed E-state index contributed by atoms with van der Waals surface area (Å²) in [6.45, 7) is 18.4. The molecular weight excluding hydrogens is 514 g/mol. The van der Waals surface area contributed by atoms with Gasteiger partial charge in [-0.05, 0) is 74.8 Å². The zero-order valence-corrected chi connectivity index (χ0v) is 26.4. The Morgan fingerprint density at radius 1 is 0.927 bits per heavy atom. The summed E-state index contributed by atoms with van der Waals surface area (Å²) in [5.74, 6) is -0.153. The van der Waals surface area contributed by atoms with Crippen LogP contribution in [-0.4, -0.2) is 45.4 Å². The van der Waals surface area contributed by atoms with Crippen molar-refractivity contribution in [1.29, 1.82) is 0 Å². The number of nitrogens with zero attached hydrogens (tertiary/aromatic N) is 1. The molecule has 2 saturated carbocycles. The minimum atomic E-state index is -1.25. The Labute approximate surface area is 246 Å². The van der Waals surface area contributed by atoms with Crippen LogP contribution < -0.4 is 0 Å². The molecule has 4 rings (SSSR count).